The molecule has 0 aromatic heterocycles. The maximum Gasteiger partial charge on any atom is 0.363 e. The molecule has 2 aromatic rings. The van der Waals surface area contributed by atoms with Gasteiger partial charge in [-0.3, -0.25) is 0 Å². The van der Waals surface area contributed by atoms with E-state index in [1.54, 1.807) is 6.08 Å². The number of ether oxygens (including phenoxy) is 3. The number of cyclic esters (lactones) is 1. The molecule has 5 heteroatoms. The van der Waals surface area contributed by atoms with Gasteiger partial charge >= 0.3 is 5.97 Å². The van der Waals surface area contributed by atoms with Gasteiger partial charge in [0.2, 0.25) is 5.90 Å². The highest BCUT2D eigenvalue weighted by Crippen LogP contribution is 2.30. The molecule has 0 radical (unpaired) electrons. The van der Waals surface area contributed by atoms with E-state index in [0.717, 1.165) is 24.0 Å². The number of carbonyl (C=O) groups is 1. The number of benzene rings is 2. The molecule has 3 rings (SSSR count). The number of hydrogen-bond donors (Lipinski definition) is 0. The van der Waals surface area contributed by atoms with Gasteiger partial charge in [0.25, 0.3) is 0 Å². The second kappa shape index (κ2) is 9.03. The number of esters is 1. The smallest absolute Gasteiger partial charge is 0.363 e. The average molecular weight is 365 g/mol. The number of hydrogen-bond acceptors (Lipinski definition) is 5. The predicted molar refractivity (Wildman–Crippen MR) is 105 cm³/mol. The van der Waals surface area contributed by atoms with Crippen molar-refractivity contribution < 1.29 is 19.0 Å². The van der Waals surface area contributed by atoms with E-state index in [4.69, 9.17) is 14.2 Å². The lowest BCUT2D eigenvalue weighted by atomic mass is 10.1. The lowest BCUT2D eigenvalue weighted by Crippen LogP contribution is -2.05. The molecule has 0 fully saturated rings. The minimum atomic E-state index is -0.463. The van der Waals surface area contributed by atoms with Crippen molar-refractivity contribution in [2.75, 3.05) is 13.2 Å². The Hall–Kier alpha value is -3.08. The SMILES string of the molecule is CCCCOc1ccc(/C=C2\N=C(c3ccccc3)OC2=O)cc1OCC. The maximum absolute atomic E-state index is 12.2. The van der Waals surface area contributed by atoms with Crippen molar-refractivity contribution in [3.8, 4) is 11.5 Å². The van der Waals surface area contributed by atoms with Crippen LogP contribution in [0.1, 0.15) is 37.8 Å². The third kappa shape index (κ3) is 4.76. The van der Waals surface area contributed by atoms with Crippen LogP contribution in [0.2, 0.25) is 0 Å². The van der Waals surface area contributed by atoms with E-state index >= 15 is 0 Å². The maximum atomic E-state index is 12.2. The molecule has 5 nitrogen and oxygen atoms in total. The number of rotatable bonds is 8. The monoisotopic (exact) mass is 365 g/mol. The fourth-order valence-electron chi connectivity index (χ4n) is 2.60. The van der Waals surface area contributed by atoms with Crippen LogP contribution < -0.4 is 9.47 Å². The Balaban J connectivity index is 1.84. The molecule has 0 unspecified atom stereocenters. The van der Waals surface area contributed by atoms with Gasteiger partial charge in [0.15, 0.2) is 17.2 Å². The molecule has 0 amide bonds. The fourth-order valence-corrected chi connectivity index (χ4v) is 2.60. The van der Waals surface area contributed by atoms with E-state index in [1.165, 1.54) is 0 Å². The van der Waals surface area contributed by atoms with Crippen molar-refractivity contribution >= 4 is 17.9 Å². The topological polar surface area (TPSA) is 57.1 Å². The summed E-state index contributed by atoms with van der Waals surface area (Å²) < 4.78 is 16.8. The highest BCUT2D eigenvalue weighted by Gasteiger charge is 2.24. The molecule has 1 heterocycles. The molecular formula is C22H23NO4. The molecule has 0 N–H and O–H groups in total. The number of unbranched alkanes of at least 4 members (excludes halogenated alkanes) is 1. The Bertz CT molecular complexity index is 856. The van der Waals surface area contributed by atoms with Crippen molar-refractivity contribution in [3.05, 3.63) is 65.4 Å². The van der Waals surface area contributed by atoms with Gasteiger partial charge in [-0.15, -0.1) is 0 Å². The molecule has 1 aliphatic heterocycles. The Kier molecular flexibility index (Phi) is 6.26. The number of nitrogens with zero attached hydrogens (tertiary/aromatic N) is 1. The largest absolute Gasteiger partial charge is 0.490 e. The van der Waals surface area contributed by atoms with E-state index in [0.29, 0.717) is 30.6 Å². The van der Waals surface area contributed by atoms with Crippen LogP contribution in [0.5, 0.6) is 11.5 Å². The first-order valence-electron chi connectivity index (χ1n) is 9.19. The summed E-state index contributed by atoms with van der Waals surface area (Å²) in [6.45, 7) is 5.22. The van der Waals surface area contributed by atoms with Gasteiger partial charge in [-0.1, -0.05) is 37.6 Å². The van der Waals surface area contributed by atoms with Gasteiger partial charge in [-0.25, -0.2) is 9.79 Å². The first-order chi connectivity index (χ1) is 13.2. The molecule has 0 atom stereocenters. The Morgan fingerprint density at radius 3 is 2.59 bits per heavy atom. The first kappa shape index (κ1) is 18.7. The molecule has 27 heavy (non-hydrogen) atoms. The van der Waals surface area contributed by atoms with E-state index in [9.17, 15) is 4.79 Å². The molecule has 0 saturated heterocycles. The summed E-state index contributed by atoms with van der Waals surface area (Å²) in [5.41, 5.74) is 1.83. The average Bonchev–Trinajstić information content (AvgIpc) is 3.05. The summed E-state index contributed by atoms with van der Waals surface area (Å²) in [6, 6.07) is 14.9. The normalized spacial score (nSPS) is 14.8. The van der Waals surface area contributed by atoms with Gasteiger partial charge in [-0.05, 0) is 49.2 Å². The second-order valence-electron chi connectivity index (χ2n) is 6.04. The van der Waals surface area contributed by atoms with Crippen molar-refractivity contribution in [1.29, 1.82) is 0 Å². The van der Waals surface area contributed by atoms with Crippen molar-refractivity contribution in [3.63, 3.8) is 0 Å². The van der Waals surface area contributed by atoms with Crippen LogP contribution in [0.3, 0.4) is 0 Å². The molecule has 0 spiro atoms. The lowest BCUT2D eigenvalue weighted by Gasteiger charge is -2.12. The summed E-state index contributed by atoms with van der Waals surface area (Å²) in [5, 5.41) is 0. The fraction of sp³-hybridized carbons (Fsp3) is 0.273. The lowest BCUT2D eigenvalue weighted by molar-refractivity contribution is -0.129. The summed E-state index contributed by atoms with van der Waals surface area (Å²) >= 11 is 0. The van der Waals surface area contributed by atoms with E-state index in [-0.39, 0.29) is 5.70 Å². The van der Waals surface area contributed by atoms with Gasteiger partial charge in [0.1, 0.15) is 0 Å². The summed E-state index contributed by atoms with van der Waals surface area (Å²) in [5.74, 6) is 1.21. The highest BCUT2D eigenvalue weighted by atomic mass is 16.6. The molecule has 2 aromatic carbocycles. The predicted octanol–water partition coefficient (Wildman–Crippen LogP) is 4.61. The second-order valence-corrected chi connectivity index (χ2v) is 6.04. The van der Waals surface area contributed by atoms with E-state index in [1.807, 2.05) is 55.5 Å². The standard InChI is InChI=1S/C22H23NO4/c1-3-5-13-26-19-12-11-16(15-20(19)25-4-2)14-18-22(24)27-21(23-18)17-9-7-6-8-10-17/h6-12,14-15H,3-5,13H2,1-2H3/b18-14-. The molecule has 140 valence electrons. The third-order valence-electron chi connectivity index (χ3n) is 3.97. The highest BCUT2D eigenvalue weighted by molar-refractivity contribution is 6.12. The van der Waals surface area contributed by atoms with Crippen LogP contribution in [0, 0.1) is 0 Å². The molecule has 0 saturated carbocycles. The van der Waals surface area contributed by atoms with Crippen molar-refractivity contribution in [2.24, 2.45) is 4.99 Å². The first-order valence-corrected chi connectivity index (χ1v) is 9.19. The van der Waals surface area contributed by atoms with Crippen LogP contribution in [-0.4, -0.2) is 25.1 Å². The van der Waals surface area contributed by atoms with Crippen LogP contribution in [0.15, 0.2) is 59.2 Å². The summed E-state index contributed by atoms with van der Waals surface area (Å²) in [6.07, 6.45) is 3.74. The molecule has 0 aliphatic carbocycles. The van der Waals surface area contributed by atoms with Crippen LogP contribution in [-0.2, 0) is 9.53 Å². The Morgan fingerprint density at radius 1 is 1.04 bits per heavy atom. The zero-order valence-electron chi connectivity index (χ0n) is 15.6. The zero-order chi connectivity index (χ0) is 19.1. The van der Waals surface area contributed by atoms with E-state index < -0.39 is 5.97 Å². The Labute approximate surface area is 159 Å². The third-order valence-corrected chi connectivity index (χ3v) is 3.97. The Morgan fingerprint density at radius 2 is 1.85 bits per heavy atom. The number of aliphatic imine (C=N–C) groups is 1. The van der Waals surface area contributed by atoms with Crippen molar-refractivity contribution in [1.82, 2.24) is 0 Å². The zero-order valence-corrected chi connectivity index (χ0v) is 15.6. The quantitative estimate of drug-likeness (QED) is 0.389. The van der Waals surface area contributed by atoms with E-state index in [2.05, 4.69) is 11.9 Å². The van der Waals surface area contributed by atoms with Gasteiger partial charge < -0.3 is 14.2 Å². The molecular weight excluding hydrogens is 342 g/mol. The minimum absolute atomic E-state index is 0.260. The summed E-state index contributed by atoms with van der Waals surface area (Å²) in [7, 11) is 0. The van der Waals surface area contributed by atoms with Crippen molar-refractivity contribution in [2.45, 2.75) is 26.7 Å². The van der Waals surface area contributed by atoms with Gasteiger partial charge in [0, 0.05) is 5.56 Å². The molecule has 0 bridgehead atoms. The van der Waals surface area contributed by atoms with Gasteiger partial charge in [-0.2, -0.15) is 0 Å². The van der Waals surface area contributed by atoms with Crippen LogP contribution >= 0.6 is 0 Å². The number of carbonyl (C=O) groups excluding carboxylic acids is 1. The minimum Gasteiger partial charge on any atom is -0.490 e. The molecule has 1 aliphatic rings. The van der Waals surface area contributed by atoms with Gasteiger partial charge in [0.05, 0.1) is 13.2 Å². The van der Waals surface area contributed by atoms with Crippen LogP contribution in [0.4, 0.5) is 0 Å². The summed E-state index contributed by atoms with van der Waals surface area (Å²) in [4.78, 5) is 16.5. The van der Waals surface area contributed by atoms with Crippen LogP contribution in [0.25, 0.3) is 6.08 Å².